The lowest BCUT2D eigenvalue weighted by atomic mass is 10.0. The predicted molar refractivity (Wildman–Crippen MR) is 187 cm³/mol. The second-order valence-electron chi connectivity index (χ2n) is 11.6. The molecule has 0 aliphatic carbocycles. The van der Waals surface area contributed by atoms with Gasteiger partial charge in [0.2, 0.25) is 11.8 Å². The molecule has 1 atom stereocenters. The van der Waals surface area contributed by atoms with Gasteiger partial charge >= 0.3 is 0 Å². The minimum absolute atomic E-state index is 0.00370. The third-order valence-corrected chi connectivity index (χ3v) is 10.0. The van der Waals surface area contributed by atoms with E-state index in [1.807, 2.05) is 51.1 Å². The van der Waals surface area contributed by atoms with Crippen LogP contribution < -0.4 is 14.4 Å². The molecule has 0 aliphatic rings. The first-order chi connectivity index (χ1) is 22.4. The van der Waals surface area contributed by atoms with Crippen LogP contribution in [0.4, 0.5) is 5.69 Å². The predicted octanol–water partition coefficient (Wildman–Crippen LogP) is 6.92. The average Bonchev–Trinajstić information content (AvgIpc) is 3.05. The maximum Gasteiger partial charge on any atom is 0.264 e. The number of carbonyl (C=O) groups excluding carboxylic acids is 2. The summed E-state index contributed by atoms with van der Waals surface area (Å²) in [6, 6.07) is 26.3. The quantitative estimate of drug-likeness (QED) is 0.155. The zero-order valence-electron chi connectivity index (χ0n) is 26.8. The molecule has 0 radical (unpaired) electrons. The van der Waals surface area contributed by atoms with E-state index in [4.69, 9.17) is 27.9 Å². The molecule has 0 saturated carbocycles. The number of methoxy groups -OCH3 is 1. The number of ether oxygens (including phenoxy) is 1. The Morgan fingerprint density at radius 3 is 2.15 bits per heavy atom. The van der Waals surface area contributed by atoms with Gasteiger partial charge in [-0.15, -0.1) is 0 Å². The first-order valence-electron chi connectivity index (χ1n) is 15.2. The lowest BCUT2D eigenvalue weighted by Crippen LogP contribution is -2.53. The van der Waals surface area contributed by atoms with E-state index in [2.05, 4.69) is 5.32 Å². The fraction of sp³-hybridized carbons (Fsp3) is 0.278. The van der Waals surface area contributed by atoms with Crippen LogP contribution in [0, 0.1) is 12.8 Å². The van der Waals surface area contributed by atoms with Gasteiger partial charge in [-0.3, -0.25) is 13.9 Å². The van der Waals surface area contributed by atoms with Crippen LogP contribution in [0.1, 0.15) is 30.5 Å². The summed E-state index contributed by atoms with van der Waals surface area (Å²) in [5.41, 5.74) is 2.48. The summed E-state index contributed by atoms with van der Waals surface area (Å²) >= 11 is 13.0. The molecule has 0 aromatic heterocycles. The van der Waals surface area contributed by atoms with Gasteiger partial charge in [-0.25, -0.2) is 8.42 Å². The molecule has 0 bridgehead atoms. The average molecular weight is 697 g/mol. The zero-order chi connectivity index (χ0) is 34.1. The molecule has 0 heterocycles. The minimum atomic E-state index is -4.28. The van der Waals surface area contributed by atoms with Gasteiger partial charge in [0.05, 0.1) is 22.7 Å². The van der Waals surface area contributed by atoms with Crippen LogP contribution in [-0.4, -0.2) is 51.4 Å². The Kier molecular flexibility index (Phi) is 12.3. The molecule has 0 fully saturated rings. The number of nitrogens with zero attached hydrogens (tertiary/aromatic N) is 2. The molecule has 4 aromatic rings. The fourth-order valence-electron chi connectivity index (χ4n) is 4.96. The molecule has 4 aromatic carbocycles. The van der Waals surface area contributed by atoms with Crippen LogP contribution in [0.5, 0.6) is 5.75 Å². The Bertz CT molecular complexity index is 1780. The highest BCUT2D eigenvalue weighted by Crippen LogP contribution is 2.32. The van der Waals surface area contributed by atoms with Crippen molar-refractivity contribution in [2.45, 2.75) is 44.7 Å². The number of amides is 2. The van der Waals surface area contributed by atoms with Gasteiger partial charge < -0.3 is 15.0 Å². The summed E-state index contributed by atoms with van der Waals surface area (Å²) in [6.45, 7) is 5.56. The SMILES string of the molecule is COc1ccc(N(CC(=O)N(Cc2ccccc2Cl)[C@@H](Cc2ccccc2)C(=O)NCC(C)C)S(=O)(=O)c2ccc(C)cc2)cc1Cl. The van der Waals surface area contributed by atoms with Crippen molar-refractivity contribution in [3.05, 3.63) is 124 Å². The number of nitrogens with one attached hydrogen (secondary N) is 1. The van der Waals surface area contributed by atoms with Gasteiger partial charge in [0.1, 0.15) is 18.3 Å². The third-order valence-electron chi connectivity index (χ3n) is 7.57. The van der Waals surface area contributed by atoms with Gasteiger partial charge in [0.15, 0.2) is 0 Å². The Morgan fingerprint density at radius 2 is 1.53 bits per heavy atom. The van der Waals surface area contributed by atoms with E-state index in [-0.39, 0.29) is 40.4 Å². The highest BCUT2D eigenvalue weighted by Gasteiger charge is 2.35. The van der Waals surface area contributed by atoms with E-state index in [1.54, 1.807) is 42.5 Å². The minimum Gasteiger partial charge on any atom is -0.495 e. The van der Waals surface area contributed by atoms with Crippen molar-refractivity contribution in [3.8, 4) is 5.75 Å². The molecule has 0 aliphatic heterocycles. The van der Waals surface area contributed by atoms with E-state index >= 15 is 0 Å². The summed E-state index contributed by atoms with van der Waals surface area (Å²) in [5, 5.41) is 3.56. The summed E-state index contributed by atoms with van der Waals surface area (Å²) in [4.78, 5) is 29.9. The summed E-state index contributed by atoms with van der Waals surface area (Å²) in [7, 11) is -2.83. The molecule has 1 N–H and O–H groups in total. The van der Waals surface area contributed by atoms with Crippen molar-refractivity contribution in [2.24, 2.45) is 5.92 Å². The normalized spacial score (nSPS) is 12.0. The molecule has 248 valence electrons. The Labute approximate surface area is 287 Å². The van der Waals surface area contributed by atoms with E-state index < -0.39 is 28.5 Å². The zero-order valence-corrected chi connectivity index (χ0v) is 29.1. The van der Waals surface area contributed by atoms with Gasteiger partial charge in [-0.1, -0.05) is 103 Å². The summed E-state index contributed by atoms with van der Waals surface area (Å²) in [5.74, 6) is -0.449. The third kappa shape index (κ3) is 9.28. The molecule has 4 rings (SSSR count). The number of sulfonamides is 1. The van der Waals surface area contributed by atoms with Crippen molar-refractivity contribution in [2.75, 3.05) is 24.5 Å². The van der Waals surface area contributed by atoms with Crippen molar-refractivity contribution in [1.29, 1.82) is 0 Å². The molecule has 0 unspecified atom stereocenters. The van der Waals surface area contributed by atoms with Crippen molar-refractivity contribution >= 4 is 50.7 Å². The maximum atomic E-state index is 14.6. The Morgan fingerprint density at radius 1 is 0.872 bits per heavy atom. The molecule has 0 spiro atoms. The van der Waals surface area contributed by atoms with E-state index in [0.29, 0.717) is 22.9 Å². The summed E-state index contributed by atoms with van der Waals surface area (Å²) < 4.78 is 34.8. The van der Waals surface area contributed by atoms with Gasteiger partial charge in [0, 0.05) is 24.5 Å². The fourth-order valence-corrected chi connectivity index (χ4v) is 6.82. The number of carbonyl (C=O) groups is 2. The first-order valence-corrected chi connectivity index (χ1v) is 17.4. The van der Waals surface area contributed by atoms with Crippen LogP contribution in [-0.2, 0) is 32.6 Å². The van der Waals surface area contributed by atoms with Crippen LogP contribution in [0.15, 0.2) is 102 Å². The molecular weight excluding hydrogens is 657 g/mol. The second kappa shape index (κ2) is 16.2. The Hall–Kier alpha value is -4.05. The standard InChI is InChI=1S/C36H39Cl2N3O5S/c1-25(2)22-39-36(43)33(20-27-10-6-5-7-11-27)40(23-28-12-8-9-13-31(28)37)35(42)24-41(29-16-19-34(46-4)32(38)21-29)47(44,45)30-17-14-26(3)15-18-30/h5-19,21,25,33H,20,22-24H2,1-4H3,(H,39,43)/t33-/m0/s1. The topological polar surface area (TPSA) is 96.0 Å². The maximum absolute atomic E-state index is 14.6. The van der Waals surface area contributed by atoms with E-state index in [1.165, 1.54) is 36.3 Å². The number of hydrogen-bond donors (Lipinski definition) is 1. The highest BCUT2D eigenvalue weighted by molar-refractivity contribution is 7.92. The van der Waals surface area contributed by atoms with Crippen LogP contribution >= 0.6 is 23.2 Å². The molecular formula is C36H39Cl2N3O5S. The second-order valence-corrected chi connectivity index (χ2v) is 14.3. The molecule has 47 heavy (non-hydrogen) atoms. The van der Waals surface area contributed by atoms with Crippen LogP contribution in [0.2, 0.25) is 10.0 Å². The van der Waals surface area contributed by atoms with Gasteiger partial charge in [0.25, 0.3) is 10.0 Å². The van der Waals surface area contributed by atoms with E-state index in [9.17, 15) is 18.0 Å². The lowest BCUT2D eigenvalue weighted by molar-refractivity contribution is -0.140. The molecule has 11 heteroatoms. The smallest absolute Gasteiger partial charge is 0.264 e. The van der Waals surface area contributed by atoms with Gasteiger partial charge in [-0.2, -0.15) is 0 Å². The van der Waals surface area contributed by atoms with Gasteiger partial charge in [-0.05, 0) is 60.4 Å². The van der Waals surface area contributed by atoms with Crippen LogP contribution in [0.25, 0.3) is 0 Å². The monoisotopic (exact) mass is 695 g/mol. The van der Waals surface area contributed by atoms with Crippen molar-refractivity contribution < 1.29 is 22.7 Å². The number of aryl methyl sites for hydroxylation is 1. The molecule has 2 amide bonds. The molecule has 8 nitrogen and oxygen atoms in total. The number of anilines is 1. The Balaban J connectivity index is 1.83. The largest absolute Gasteiger partial charge is 0.495 e. The summed E-state index contributed by atoms with van der Waals surface area (Å²) in [6.07, 6.45) is 0.194. The lowest BCUT2D eigenvalue weighted by Gasteiger charge is -2.34. The highest BCUT2D eigenvalue weighted by atomic mass is 35.5. The number of benzene rings is 4. The van der Waals surface area contributed by atoms with Crippen LogP contribution in [0.3, 0.4) is 0 Å². The number of halogens is 2. The number of hydrogen-bond acceptors (Lipinski definition) is 5. The first kappa shape index (κ1) is 35.8. The number of rotatable bonds is 14. The van der Waals surface area contributed by atoms with Crippen molar-refractivity contribution in [3.63, 3.8) is 0 Å². The van der Waals surface area contributed by atoms with Crippen molar-refractivity contribution in [1.82, 2.24) is 10.2 Å². The molecule has 0 saturated heterocycles. The van der Waals surface area contributed by atoms with E-state index in [0.717, 1.165) is 15.4 Å².